The second-order valence-corrected chi connectivity index (χ2v) is 10.3. The highest BCUT2D eigenvalue weighted by Gasteiger charge is 2.27. The first-order valence-electron chi connectivity index (χ1n) is 15.4. The summed E-state index contributed by atoms with van der Waals surface area (Å²) in [6.07, 6.45) is 7.67. The van der Waals surface area contributed by atoms with E-state index in [1.807, 2.05) is 74.5 Å². The van der Waals surface area contributed by atoms with E-state index < -0.39 is 0 Å². The van der Waals surface area contributed by atoms with Crippen molar-refractivity contribution in [3.63, 3.8) is 0 Å². The lowest BCUT2D eigenvalue weighted by Gasteiger charge is -2.34. The second kappa shape index (κ2) is 14.5. The Bertz CT molecular complexity index is 1670. The monoisotopic (exact) mass is 603 g/mol. The summed E-state index contributed by atoms with van der Waals surface area (Å²) in [5.41, 5.74) is 5.08. The minimum atomic E-state index is 0.428. The smallest absolute Gasteiger partial charge is 0.234 e. The summed E-state index contributed by atoms with van der Waals surface area (Å²) in [5.74, 6) is 3.47. The van der Waals surface area contributed by atoms with Gasteiger partial charge >= 0.3 is 0 Å². The average molecular weight is 604 g/mol. The number of nitrogens with zero attached hydrogens (tertiary/aromatic N) is 8. The minimum Gasteiger partial charge on any atom is -0.472 e. The molecule has 3 aromatic heterocycles. The van der Waals surface area contributed by atoms with Gasteiger partial charge in [0.15, 0.2) is 11.6 Å². The second-order valence-electron chi connectivity index (χ2n) is 10.3. The summed E-state index contributed by atoms with van der Waals surface area (Å²) in [6.45, 7) is 8.89. The number of benzene rings is 2. The lowest BCUT2D eigenvalue weighted by atomic mass is 10.0. The first-order chi connectivity index (χ1) is 22.3. The zero-order valence-electron chi connectivity index (χ0n) is 25.6. The molecule has 2 aliphatic rings. The molecule has 5 aromatic rings. The fourth-order valence-corrected chi connectivity index (χ4v) is 5.26. The number of nitrogens with one attached hydrogen (secondary N) is 1. The van der Waals surface area contributed by atoms with Gasteiger partial charge in [0.1, 0.15) is 12.4 Å². The predicted molar refractivity (Wildman–Crippen MR) is 175 cm³/mol. The van der Waals surface area contributed by atoms with Gasteiger partial charge in [-0.3, -0.25) is 4.98 Å². The molecule has 45 heavy (non-hydrogen) atoms. The first kappa shape index (κ1) is 29.9. The van der Waals surface area contributed by atoms with Crippen LogP contribution in [0.15, 0.2) is 85.5 Å². The molecular weight excluding hydrogens is 566 g/mol. The van der Waals surface area contributed by atoms with Crippen LogP contribution in [0.2, 0.25) is 0 Å². The highest BCUT2D eigenvalue weighted by Crippen LogP contribution is 2.31. The Labute approximate surface area is 263 Å². The number of ether oxygens (including phenoxy) is 2. The summed E-state index contributed by atoms with van der Waals surface area (Å²) in [7, 11) is 0. The lowest BCUT2D eigenvalue weighted by molar-refractivity contribution is 0.122. The summed E-state index contributed by atoms with van der Waals surface area (Å²) in [6, 6.07) is 19.9. The number of hydrogen-bond donors (Lipinski definition) is 1. The highest BCUT2D eigenvalue weighted by atomic mass is 16.5. The molecule has 2 aliphatic heterocycles. The van der Waals surface area contributed by atoms with Crippen LogP contribution in [0, 0.1) is 0 Å². The van der Waals surface area contributed by atoms with Crippen molar-refractivity contribution >= 4 is 23.3 Å². The van der Waals surface area contributed by atoms with E-state index in [4.69, 9.17) is 19.4 Å². The lowest BCUT2D eigenvalue weighted by Crippen LogP contribution is -2.39. The van der Waals surface area contributed by atoms with Crippen LogP contribution in [0.25, 0.3) is 11.4 Å². The van der Waals surface area contributed by atoms with E-state index in [2.05, 4.69) is 35.1 Å². The molecule has 0 radical (unpaired) electrons. The number of fused-ring (bicyclic) bond motifs is 1. The third kappa shape index (κ3) is 7.32. The normalized spacial score (nSPS) is 14.2. The molecule has 0 spiro atoms. The standard InChI is InChI=1S/C32H31N9O2.C2H6/c1-2-5-23(6-3-1)22-43-29-20-33-19-28(38-29)36-25-9-7-24(8-10-25)30-37-27-21-41(32-34-12-4-13-35-32)14-11-26(27)31(39-30)40-15-17-42-18-16-40;1-2/h1-10,12-13,19-20H,11,14-18,21-22H2,(H,36,38);1-2H3. The molecule has 5 heterocycles. The van der Waals surface area contributed by atoms with Crippen LogP contribution < -0.4 is 19.9 Å². The maximum atomic E-state index is 5.84. The molecule has 0 bridgehead atoms. The summed E-state index contributed by atoms with van der Waals surface area (Å²) in [4.78, 5) is 32.4. The largest absolute Gasteiger partial charge is 0.472 e. The fourth-order valence-electron chi connectivity index (χ4n) is 5.26. The summed E-state index contributed by atoms with van der Waals surface area (Å²) in [5, 5.41) is 3.32. The number of hydrogen-bond acceptors (Lipinski definition) is 11. The zero-order valence-corrected chi connectivity index (χ0v) is 25.6. The van der Waals surface area contributed by atoms with Crippen molar-refractivity contribution in [2.75, 3.05) is 48.0 Å². The molecule has 1 saturated heterocycles. The number of aromatic nitrogens is 6. The number of rotatable bonds is 8. The van der Waals surface area contributed by atoms with Gasteiger partial charge in [-0.2, -0.15) is 4.98 Å². The van der Waals surface area contributed by atoms with E-state index in [0.717, 1.165) is 54.4 Å². The van der Waals surface area contributed by atoms with Crippen molar-refractivity contribution in [3.05, 3.63) is 102 Å². The highest BCUT2D eigenvalue weighted by molar-refractivity contribution is 5.66. The van der Waals surface area contributed by atoms with E-state index >= 15 is 0 Å². The Balaban J connectivity index is 0.00000175. The van der Waals surface area contributed by atoms with Crippen LogP contribution in [0.1, 0.15) is 30.7 Å². The molecule has 0 amide bonds. The predicted octanol–water partition coefficient (Wildman–Crippen LogP) is 5.47. The Morgan fingerprint density at radius 2 is 1.60 bits per heavy atom. The maximum absolute atomic E-state index is 5.84. The van der Waals surface area contributed by atoms with Crippen molar-refractivity contribution < 1.29 is 9.47 Å². The van der Waals surface area contributed by atoms with Crippen molar-refractivity contribution in [1.29, 1.82) is 0 Å². The van der Waals surface area contributed by atoms with Crippen molar-refractivity contribution in [1.82, 2.24) is 29.9 Å². The molecular formula is C34H37N9O2. The molecule has 0 unspecified atom stereocenters. The van der Waals surface area contributed by atoms with E-state index in [9.17, 15) is 0 Å². The van der Waals surface area contributed by atoms with Crippen LogP contribution in [0.5, 0.6) is 5.88 Å². The zero-order chi connectivity index (χ0) is 30.8. The molecule has 11 nitrogen and oxygen atoms in total. The van der Waals surface area contributed by atoms with Gasteiger partial charge in [0.2, 0.25) is 11.8 Å². The Kier molecular flexibility index (Phi) is 9.66. The summed E-state index contributed by atoms with van der Waals surface area (Å²) >= 11 is 0. The van der Waals surface area contributed by atoms with E-state index in [-0.39, 0.29) is 0 Å². The van der Waals surface area contributed by atoms with Crippen LogP contribution in [-0.2, 0) is 24.3 Å². The summed E-state index contributed by atoms with van der Waals surface area (Å²) < 4.78 is 11.5. The van der Waals surface area contributed by atoms with Crippen molar-refractivity contribution in [3.8, 4) is 17.3 Å². The molecule has 11 heteroatoms. The Morgan fingerprint density at radius 3 is 2.38 bits per heavy atom. The molecule has 0 aliphatic carbocycles. The Morgan fingerprint density at radius 1 is 0.822 bits per heavy atom. The van der Waals surface area contributed by atoms with Gasteiger partial charge in [-0.1, -0.05) is 44.2 Å². The molecule has 7 rings (SSSR count). The van der Waals surface area contributed by atoms with Crippen LogP contribution in [0.3, 0.4) is 0 Å². The van der Waals surface area contributed by atoms with Gasteiger partial charge in [-0.25, -0.2) is 19.9 Å². The van der Waals surface area contributed by atoms with Gasteiger partial charge in [0.05, 0.1) is 37.8 Å². The van der Waals surface area contributed by atoms with E-state index in [1.54, 1.807) is 24.8 Å². The van der Waals surface area contributed by atoms with E-state index in [0.29, 0.717) is 49.8 Å². The third-order valence-electron chi connectivity index (χ3n) is 7.45. The van der Waals surface area contributed by atoms with Crippen LogP contribution in [0.4, 0.5) is 23.3 Å². The average Bonchev–Trinajstić information content (AvgIpc) is 3.12. The van der Waals surface area contributed by atoms with Crippen molar-refractivity contribution in [2.45, 2.75) is 33.4 Å². The topological polar surface area (TPSA) is 114 Å². The Hall–Kier alpha value is -5.16. The van der Waals surface area contributed by atoms with Gasteiger partial charge in [0.25, 0.3) is 0 Å². The molecule has 2 aromatic carbocycles. The first-order valence-corrected chi connectivity index (χ1v) is 15.4. The third-order valence-corrected chi connectivity index (χ3v) is 7.45. The number of anilines is 4. The molecule has 230 valence electrons. The van der Waals surface area contributed by atoms with Gasteiger partial charge in [0, 0.05) is 48.8 Å². The van der Waals surface area contributed by atoms with E-state index in [1.165, 1.54) is 5.56 Å². The van der Waals surface area contributed by atoms with Gasteiger partial charge < -0.3 is 24.6 Å². The quantitative estimate of drug-likeness (QED) is 0.243. The van der Waals surface area contributed by atoms with Gasteiger partial charge in [-0.15, -0.1) is 0 Å². The van der Waals surface area contributed by atoms with Crippen LogP contribution in [-0.4, -0.2) is 62.8 Å². The number of morpholine rings is 1. The van der Waals surface area contributed by atoms with Gasteiger partial charge in [-0.05, 0) is 42.3 Å². The fraction of sp³-hybridized carbons (Fsp3) is 0.294. The SMILES string of the molecule is CC.c1ccc(COc2cncc(Nc3ccc(-c4nc5c(c(N6CCOCC6)n4)CCN(c4ncccn4)C5)cc3)n2)cc1. The van der Waals surface area contributed by atoms with Crippen LogP contribution >= 0.6 is 0 Å². The molecule has 1 N–H and O–H groups in total. The minimum absolute atomic E-state index is 0.428. The van der Waals surface area contributed by atoms with Crippen molar-refractivity contribution in [2.24, 2.45) is 0 Å². The molecule has 1 fully saturated rings. The molecule has 0 saturated carbocycles. The maximum Gasteiger partial charge on any atom is 0.234 e. The molecule has 0 atom stereocenters.